The number of carbonyl (C=O) groups excluding carboxylic acids is 1. The van der Waals surface area contributed by atoms with Gasteiger partial charge in [0.1, 0.15) is 5.82 Å². The highest BCUT2D eigenvalue weighted by Crippen LogP contribution is 2.22. The summed E-state index contributed by atoms with van der Waals surface area (Å²) in [5.41, 5.74) is 3.54. The average Bonchev–Trinajstić information content (AvgIpc) is 2.76. The van der Waals surface area contributed by atoms with Gasteiger partial charge in [0.25, 0.3) is 5.91 Å². The lowest BCUT2D eigenvalue weighted by molar-refractivity contribution is 0.0664. The van der Waals surface area contributed by atoms with Crippen LogP contribution in [0.15, 0.2) is 60.8 Å². The maximum Gasteiger partial charge on any atom is 0.253 e. The minimum Gasteiger partial charge on any atom is -0.340 e. The Bertz CT molecular complexity index is 980. The minimum atomic E-state index is 0.0842. The number of benzene rings is 2. The van der Waals surface area contributed by atoms with Gasteiger partial charge in [-0.15, -0.1) is 0 Å². The van der Waals surface area contributed by atoms with E-state index in [1.54, 1.807) is 0 Å². The topological polar surface area (TPSA) is 61.4 Å². The largest absolute Gasteiger partial charge is 0.340 e. The van der Waals surface area contributed by atoms with Crippen molar-refractivity contribution in [3.8, 4) is 11.4 Å². The van der Waals surface area contributed by atoms with Crippen molar-refractivity contribution < 1.29 is 4.79 Å². The number of nitrogens with one attached hydrogen (secondary N) is 1. The van der Waals surface area contributed by atoms with Crippen LogP contribution in [-0.4, -0.2) is 58.9 Å². The van der Waals surface area contributed by atoms with Crippen LogP contribution in [0.2, 0.25) is 0 Å². The van der Waals surface area contributed by atoms with Crippen LogP contribution in [0.25, 0.3) is 11.4 Å². The third-order valence-electron chi connectivity index (χ3n) is 5.19. The smallest absolute Gasteiger partial charge is 0.253 e. The summed E-state index contributed by atoms with van der Waals surface area (Å²) in [6, 6.07) is 17.5. The van der Waals surface area contributed by atoms with Gasteiger partial charge < -0.3 is 15.1 Å². The molecule has 0 spiro atoms. The molecule has 4 rings (SSSR count). The summed E-state index contributed by atoms with van der Waals surface area (Å²) in [5.74, 6) is 1.49. The molecule has 1 aliphatic rings. The van der Waals surface area contributed by atoms with Crippen LogP contribution in [0, 0.1) is 6.92 Å². The van der Waals surface area contributed by atoms with Crippen molar-refractivity contribution in [3.05, 3.63) is 71.9 Å². The van der Waals surface area contributed by atoms with Crippen LogP contribution >= 0.6 is 0 Å². The molecule has 0 aliphatic carbocycles. The van der Waals surface area contributed by atoms with Gasteiger partial charge in [-0.2, -0.15) is 0 Å². The Kier molecular flexibility index (Phi) is 5.53. The Labute approximate surface area is 171 Å². The van der Waals surface area contributed by atoms with Crippen LogP contribution in [0.4, 0.5) is 11.5 Å². The fourth-order valence-electron chi connectivity index (χ4n) is 3.32. The van der Waals surface area contributed by atoms with Crippen molar-refractivity contribution in [2.24, 2.45) is 0 Å². The summed E-state index contributed by atoms with van der Waals surface area (Å²) in [6.45, 7) is 5.35. The van der Waals surface area contributed by atoms with Gasteiger partial charge in [-0.3, -0.25) is 4.79 Å². The van der Waals surface area contributed by atoms with Gasteiger partial charge in [0.15, 0.2) is 5.82 Å². The van der Waals surface area contributed by atoms with Crippen molar-refractivity contribution in [1.29, 1.82) is 0 Å². The van der Waals surface area contributed by atoms with Gasteiger partial charge in [-0.25, -0.2) is 9.97 Å². The quantitative estimate of drug-likeness (QED) is 0.741. The predicted octanol–water partition coefficient (Wildman–Crippen LogP) is 3.58. The standard InChI is InChI=1S/C23H25N5O/c1-17-16-24-22(26-21(17)25-20-6-4-3-5-7-20)18-8-10-19(11-9-18)23(29)28-14-12-27(2)13-15-28/h3-11,16H,12-15H2,1-2H3,(H,24,25,26). The molecule has 2 aromatic carbocycles. The highest BCUT2D eigenvalue weighted by atomic mass is 16.2. The highest BCUT2D eigenvalue weighted by Gasteiger charge is 2.20. The second-order valence-electron chi connectivity index (χ2n) is 7.39. The van der Waals surface area contributed by atoms with E-state index in [0.717, 1.165) is 48.8 Å². The van der Waals surface area contributed by atoms with Crippen molar-refractivity contribution in [2.45, 2.75) is 6.92 Å². The van der Waals surface area contributed by atoms with E-state index in [0.29, 0.717) is 11.4 Å². The maximum atomic E-state index is 12.7. The Morgan fingerprint density at radius 2 is 1.66 bits per heavy atom. The van der Waals surface area contributed by atoms with Crippen LogP contribution in [0.1, 0.15) is 15.9 Å². The number of para-hydroxylation sites is 1. The third kappa shape index (κ3) is 4.43. The van der Waals surface area contributed by atoms with Gasteiger partial charge in [-0.05, 0) is 38.2 Å². The molecule has 0 radical (unpaired) electrons. The van der Waals surface area contributed by atoms with Crippen molar-refractivity contribution in [3.63, 3.8) is 0 Å². The second kappa shape index (κ2) is 8.41. The number of hydrogen-bond donors (Lipinski definition) is 1. The van der Waals surface area contributed by atoms with E-state index in [9.17, 15) is 4.79 Å². The highest BCUT2D eigenvalue weighted by molar-refractivity contribution is 5.94. The second-order valence-corrected chi connectivity index (χ2v) is 7.39. The average molecular weight is 387 g/mol. The van der Waals surface area contributed by atoms with Gasteiger partial charge in [-0.1, -0.05) is 30.3 Å². The molecule has 1 fully saturated rings. The van der Waals surface area contributed by atoms with Gasteiger partial charge in [0.2, 0.25) is 0 Å². The number of hydrogen-bond acceptors (Lipinski definition) is 5. The molecule has 29 heavy (non-hydrogen) atoms. The van der Waals surface area contributed by atoms with E-state index in [2.05, 4.69) is 27.2 Å². The van der Waals surface area contributed by atoms with Crippen LogP contribution in [0.3, 0.4) is 0 Å². The summed E-state index contributed by atoms with van der Waals surface area (Å²) in [7, 11) is 2.08. The maximum absolute atomic E-state index is 12.7. The molecule has 1 amide bonds. The lowest BCUT2D eigenvalue weighted by atomic mass is 10.1. The number of aromatic nitrogens is 2. The van der Waals surface area contributed by atoms with Gasteiger partial charge in [0, 0.05) is 54.8 Å². The van der Waals surface area contributed by atoms with Crippen molar-refractivity contribution >= 4 is 17.4 Å². The minimum absolute atomic E-state index is 0.0842. The molecule has 1 aromatic heterocycles. The molecule has 1 saturated heterocycles. The lowest BCUT2D eigenvalue weighted by Gasteiger charge is -2.32. The Hall–Kier alpha value is -3.25. The van der Waals surface area contributed by atoms with E-state index >= 15 is 0 Å². The summed E-state index contributed by atoms with van der Waals surface area (Å²) in [6.07, 6.45) is 1.82. The fraction of sp³-hybridized carbons (Fsp3) is 0.261. The number of anilines is 2. The molecule has 2 heterocycles. The molecule has 1 aliphatic heterocycles. The zero-order valence-corrected chi connectivity index (χ0v) is 16.8. The normalized spacial score (nSPS) is 14.6. The number of nitrogens with zero attached hydrogens (tertiary/aromatic N) is 4. The summed E-state index contributed by atoms with van der Waals surface area (Å²) in [5, 5.41) is 3.34. The number of likely N-dealkylation sites (N-methyl/N-ethyl adjacent to an activating group) is 1. The molecule has 0 unspecified atom stereocenters. The molecule has 0 atom stereocenters. The Morgan fingerprint density at radius 1 is 0.966 bits per heavy atom. The molecule has 1 N–H and O–H groups in total. The van der Waals surface area contributed by atoms with Crippen LogP contribution < -0.4 is 5.32 Å². The number of piperazine rings is 1. The van der Waals surface area contributed by atoms with Crippen LogP contribution in [0.5, 0.6) is 0 Å². The van der Waals surface area contributed by atoms with Crippen molar-refractivity contribution in [1.82, 2.24) is 19.8 Å². The fourth-order valence-corrected chi connectivity index (χ4v) is 3.32. The molecule has 3 aromatic rings. The zero-order valence-electron chi connectivity index (χ0n) is 16.8. The molecule has 148 valence electrons. The van der Waals surface area contributed by atoms with E-state index < -0.39 is 0 Å². The molecule has 6 nitrogen and oxygen atoms in total. The first-order valence-corrected chi connectivity index (χ1v) is 9.84. The van der Waals surface area contributed by atoms with E-state index in [1.807, 2.05) is 72.6 Å². The lowest BCUT2D eigenvalue weighted by Crippen LogP contribution is -2.47. The Balaban J connectivity index is 1.51. The first kappa shape index (κ1) is 19.1. The first-order valence-electron chi connectivity index (χ1n) is 9.84. The molecular weight excluding hydrogens is 362 g/mol. The van der Waals surface area contributed by atoms with E-state index in [1.165, 1.54) is 0 Å². The zero-order chi connectivity index (χ0) is 20.2. The SMILES string of the molecule is Cc1cnc(-c2ccc(C(=O)N3CCN(C)CC3)cc2)nc1Nc1ccccc1. The summed E-state index contributed by atoms with van der Waals surface area (Å²) >= 11 is 0. The number of rotatable bonds is 4. The predicted molar refractivity (Wildman–Crippen MR) is 115 cm³/mol. The summed E-state index contributed by atoms with van der Waals surface area (Å²) in [4.78, 5) is 26.0. The Morgan fingerprint density at radius 3 is 2.34 bits per heavy atom. The van der Waals surface area contributed by atoms with E-state index in [-0.39, 0.29) is 5.91 Å². The molecule has 0 saturated carbocycles. The molecule has 0 bridgehead atoms. The molecular formula is C23H25N5O. The number of carbonyl (C=O) groups is 1. The molecule has 6 heteroatoms. The monoisotopic (exact) mass is 387 g/mol. The first-order chi connectivity index (χ1) is 14.1. The number of amides is 1. The van der Waals surface area contributed by atoms with Gasteiger partial charge in [0.05, 0.1) is 0 Å². The van der Waals surface area contributed by atoms with Crippen molar-refractivity contribution in [2.75, 3.05) is 38.5 Å². The van der Waals surface area contributed by atoms with E-state index in [4.69, 9.17) is 0 Å². The number of aryl methyl sites for hydroxylation is 1. The third-order valence-corrected chi connectivity index (χ3v) is 5.19. The summed E-state index contributed by atoms with van der Waals surface area (Å²) < 4.78 is 0. The van der Waals surface area contributed by atoms with Crippen LogP contribution in [-0.2, 0) is 0 Å². The van der Waals surface area contributed by atoms with Gasteiger partial charge >= 0.3 is 0 Å².